The maximum Gasteiger partial charge on any atom is 0.356 e. The van der Waals surface area contributed by atoms with Crippen molar-refractivity contribution in [3.8, 4) is 0 Å². The molecule has 10 nitrogen and oxygen atoms in total. The minimum Gasteiger partial charge on any atom is -0.477 e. The molecule has 0 aromatic carbocycles. The number of carboxylic acid groups (broad SMARTS) is 1. The van der Waals surface area contributed by atoms with Crippen molar-refractivity contribution in [1.82, 2.24) is 18.8 Å². The van der Waals surface area contributed by atoms with Gasteiger partial charge in [0.05, 0.1) is 31.2 Å². The summed E-state index contributed by atoms with van der Waals surface area (Å²) in [5.74, 6) is -1.42. The van der Waals surface area contributed by atoms with Crippen LogP contribution in [0, 0.1) is 0 Å². The van der Waals surface area contributed by atoms with E-state index in [4.69, 9.17) is 9.84 Å². The average molecular weight is 456 g/mol. The molecule has 0 bridgehead atoms. The first kappa shape index (κ1) is 25.5. The topological polar surface area (TPSA) is 139 Å². The van der Waals surface area contributed by atoms with Gasteiger partial charge in [0.25, 0.3) is 0 Å². The summed E-state index contributed by atoms with van der Waals surface area (Å²) in [5.41, 5.74) is 3.11. The number of aromatic nitrogens is 4. The van der Waals surface area contributed by atoms with E-state index in [1.54, 1.807) is 61.8 Å². The number of esters is 1. The fourth-order valence-electron chi connectivity index (χ4n) is 3.03. The van der Waals surface area contributed by atoms with Crippen LogP contribution in [-0.4, -0.2) is 52.6 Å². The number of imidazole rings is 2. The van der Waals surface area contributed by atoms with Gasteiger partial charge in [0.15, 0.2) is 11.4 Å². The molecule has 4 heterocycles. The SMILES string of the molecule is C.CC(O)c1ccn2c(C(=O)O)cnc2c1.CCOC(=O)c1cnc2cc(C(C)O)ccn12. The largest absolute Gasteiger partial charge is 0.477 e. The van der Waals surface area contributed by atoms with Gasteiger partial charge in [0.1, 0.15) is 11.3 Å². The molecule has 4 aromatic heterocycles. The van der Waals surface area contributed by atoms with Gasteiger partial charge in [-0.25, -0.2) is 19.6 Å². The van der Waals surface area contributed by atoms with E-state index in [1.165, 1.54) is 16.8 Å². The van der Waals surface area contributed by atoms with E-state index in [1.807, 2.05) is 0 Å². The van der Waals surface area contributed by atoms with E-state index >= 15 is 0 Å². The van der Waals surface area contributed by atoms with Crippen LogP contribution in [0.25, 0.3) is 11.3 Å². The average Bonchev–Trinajstić information content (AvgIpc) is 3.37. The van der Waals surface area contributed by atoms with E-state index in [-0.39, 0.29) is 13.1 Å². The molecule has 10 heteroatoms. The zero-order chi connectivity index (χ0) is 23.4. The molecule has 0 radical (unpaired) electrons. The summed E-state index contributed by atoms with van der Waals surface area (Å²) in [6, 6.07) is 6.83. The van der Waals surface area contributed by atoms with Crippen molar-refractivity contribution in [2.75, 3.05) is 6.61 Å². The molecule has 2 atom stereocenters. The second-order valence-electron chi connectivity index (χ2n) is 7.04. The fraction of sp³-hybridized carbons (Fsp3) is 0.304. The molecule has 0 fully saturated rings. The van der Waals surface area contributed by atoms with Crippen LogP contribution in [0.15, 0.2) is 49.1 Å². The first-order valence-electron chi connectivity index (χ1n) is 9.93. The number of aliphatic hydroxyl groups is 2. The predicted octanol–water partition coefficient (Wildman–Crippen LogP) is 3.29. The van der Waals surface area contributed by atoms with Gasteiger partial charge in [-0.05, 0) is 56.2 Å². The van der Waals surface area contributed by atoms with Crippen molar-refractivity contribution in [1.29, 1.82) is 0 Å². The molecule has 0 aliphatic carbocycles. The van der Waals surface area contributed by atoms with Gasteiger partial charge in [-0.3, -0.25) is 8.80 Å². The van der Waals surface area contributed by atoms with Crippen molar-refractivity contribution in [2.24, 2.45) is 0 Å². The van der Waals surface area contributed by atoms with E-state index in [2.05, 4.69) is 9.97 Å². The number of carbonyl (C=O) groups excluding carboxylic acids is 1. The highest BCUT2D eigenvalue weighted by Crippen LogP contribution is 2.16. The van der Waals surface area contributed by atoms with E-state index in [0.29, 0.717) is 29.2 Å². The first-order valence-corrected chi connectivity index (χ1v) is 9.93. The molecule has 0 amide bonds. The van der Waals surface area contributed by atoms with Crippen LogP contribution in [0.3, 0.4) is 0 Å². The Balaban J connectivity index is 0.000000228. The monoisotopic (exact) mass is 456 g/mol. The number of fused-ring (bicyclic) bond motifs is 2. The van der Waals surface area contributed by atoms with Crippen LogP contribution in [0.5, 0.6) is 0 Å². The van der Waals surface area contributed by atoms with E-state index in [9.17, 15) is 19.8 Å². The van der Waals surface area contributed by atoms with Gasteiger partial charge in [-0.1, -0.05) is 7.43 Å². The number of ether oxygens (including phenoxy) is 1. The minimum atomic E-state index is -1.02. The molecule has 4 rings (SSSR count). The molecular weight excluding hydrogens is 428 g/mol. The van der Waals surface area contributed by atoms with Crippen molar-refractivity contribution in [3.63, 3.8) is 0 Å². The second kappa shape index (κ2) is 10.7. The molecule has 4 aromatic rings. The highest BCUT2D eigenvalue weighted by Gasteiger charge is 2.14. The number of rotatable bonds is 5. The highest BCUT2D eigenvalue weighted by molar-refractivity contribution is 5.88. The standard InChI is InChI=1S/C12H14N2O3.C10H10N2O3.CH4/c1-3-17-12(16)10-7-13-11-6-9(8(2)15)4-5-14(10)11;1-6(13)7-2-3-12-8(10(14)15)5-11-9(12)4-7;/h4-8,15H,3H2,1-2H3;2-6,13H,1H3,(H,14,15);1H4. The molecule has 0 aliphatic heterocycles. The van der Waals surface area contributed by atoms with Gasteiger partial charge >= 0.3 is 11.9 Å². The van der Waals surface area contributed by atoms with Crippen molar-refractivity contribution >= 4 is 23.2 Å². The zero-order valence-electron chi connectivity index (χ0n) is 17.8. The number of hydrogen-bond donors (Lipinski definition) is 3. The molecule has 0 saturated carbocycles. The summed E-state index contributed by atoms with van der Waals surface area (Å²) < 4.78 is 8.03. The van der Waals surface area contributed by atoms with Crippen LogP contribution in [0.2, 0.25) is 0 Å². The maximum absolute atomic E-state index is 11.6. The number of carbonyl (C=O) groups is 2. The number of aliphatic hydroxyl groups excluding tert-OH is 2. The van der Waals surface area contributed by atoms with Gasteiger partial charge in [-0.2, -0.15) is 0 Å². The predicted molar refractivity (Wildman–Crippen MR) is 121 cm³/mol. The smallest absolute Gasteiger partial charge is 0.356 e. The Kier molecular flexibility index (Phi) is 8.27. The Morgan fingerprint density at radius 2 is 1.39 bits per heavy atom. The summed E-state index contributed by atoms with van der Waals surface area (Å²) in [6.45, 7) is 5.42. The fourth-order valence-corrected chi connectivity index (χ4v) is 3.03. The quantitative estimate of drug-likeness (QED) is 0.389. The summed E-state index contributed by atoms with van der Waals surface area (Å²) in [7, 11) is 0. The van der Waals surface area contributed by atoms with Gasteiger partial charge in [0.2, 0.25) is 0 Å². The Labute approximate surface area is 190 Å². The summed E-state index contributed by atoms with van der Waals surface area (Å²) in [5, 5.41) is 27.6. The maximum atomic E-state index is 11.6. The summed E-state index contributed by atoms with van der Waals surface area (Å²) in [4.78, 5) is 30.5. The number of pyridine rings is 2. The lowest BCUT2D eigenvalue weighted by molar-refractivity contribution is 0.0517. The van der Waals surface area contributed by atoms with Crippen LogP contribution in [-0.2, 0) is 4.74 Å². The lowest BCUT2D eigenvalue weighted by atomic mass is 10.2. The van der Waals surface area contributed by atoms with Crippen LogP contribution in [0.4, 0.5) is 0 Å². The second-order valence-corrected chi connectivity index (χ2v) is 7.04. The zero-order valence-corrected chi connectivity index (χ0v) is 17.8. The van der Waals surface area contributed by atoms with E-state index in [0.717, 1.165) is 5.56 Å². The first-order chi connectivity index (χ1) is 15.2. The van der Waals surface area contributed by atoms with Crippen LogP contribution < -0.4 is 0 Å². The summed E-state index contributed by atoms with van der Waals surface area (Å²) >= 11 is 0. The molecule has 33 heavy (non-hydrogen) atoms. The lowest BCUT2D eigenvalue weighted by Crippen LogP contribution is -2.07. The third-order valence-electron chi connectivity index (χ3n) is 4.74. The molecule has 0 spiro atoms. The Bertz CT molecular complexity index is 1260. The molecule has 0 saturated heterocycles. The third-order valence-corrected chi connectivity index (χ3v) is 4.74. The van der Waals surface area contributed by atoms with Crippen LogP contribution >= 0.6 is 0 Å². The van der Waals surface area contributed by atoms with Crippen molar-refractivity contribution < 1.29 is 29.6 Å². The van der Waals surface area contributed by atoms with Crippen LogP contribution in [0.1, 0.15) is 72.5 Å². The van der Waals surface area contributed by atoms with Gasteiger partial charge < -0.3 is 20.1 Å². The molecule has 0 aliphatic rings. The van der Waals surface area contributed by atoms with Crippen molar-refractivity contribution in [2.45, 2.75) is 40.4 Å². The molecule has 3 N–H and O–H groups in total. The normalized spacial score (nSPS) is 12.4. The summed E-state index contributed by atoms with van der Waals surface area (Å²) in [6.07, 6.45) is 4.93. The molecule has 2 unspecified atom stereocenters. The minimum absolute atomic E-state index is 0. The Morgan fingerprint density at radius 3 is 1.82 bits per heavy atom. The van der Waals surface area contributed by atoms with Crippen molar-refractivity contribution in [3.05, 3.63) is 71.6 Å². The number of carboxylic acids is 1. The molecule has 176 valence electrons. The Hall–Kier alpha value is -3.76. The highest BCUT2D eigenvalue weighted by atomic mass is 16.5. The third kappa shape index (κ3) is 5.54. The number of hydrogen-bond acceptors (Lipinski definition) is 7. The van der Waals surface area contributed by atoms with Gasteiger partial charge in [-0.15, -0.1) is 0 Å². The Morgan fingerprint density at radius 1 is 0.939 bits per heavy atom. The number of nitrogens with zero attached hydrogens (tertiary/aromatic N) is 4. The van der Waals surface area contributed by atoms with Gasteiger partial charge in [0, 0.05) is 12.4 Å². The van der Waals surface area contributed by atoms with E-state index < -0.39 is 24.1 Å². The lowest BCUT2D eigenvalue weighted by Gasteiger charge is -2.05. The molecular formula is C23H28N4O6. The number of aromatic carboxylic acids is 1.